The first-order valence-corrected chi connectivity index (χ1v) is 12.5. The Hall–Kier alpha value is -3.88. The molecule has 1 aliphatic heterocycles. The number of amides is 3. The maximum atomic E-state index is 14.9. The van der Waals surface area contributed by atoms with E-state index in [4.69, 9.17) is 4.74 Å². The van der Waals surface area contributed by atoms with Gasteiger partial charge in [-0.25, -0.2) is 13.6 Å². The summed E-state index contributed by atoms with van der Waals surface area (Å²) in [4.78, 5) is 29.4. The van der Waals surface area contributed by atoms with Crippen LogP contribution in [0.15, 0.2) is 48.5 Å². The fourth-order valence-electron chi connectivity index (χ4n) is 4.54. The molecule has 4 rings (SSSR count). The number of nitrogens with zero attached hydrogens (tertiary/aromatic N) is 3. The van der Waals surface area contributed by atoms with Gasteiger partial charge in [0.15, 0.2) is 0 Å². The summed E-state index contributed by atoms with van der Waals surface area (Å²) in [5.41, 5.74) is 2.47. The third-order valence-corrected chi connectivity index (χ3v) is 6.67. The summed E-state index contributed by atoms with van der Waals surface area (Å²) in [5, 5.41) is 2.91. The second-order valence-corrected chi connectivity index (χ2v) is 9.05. The van der Waals surface area contributed by atoms with Gasteiger partial charge in [-0.1, -0.05) is 13.3 Å². The normalized spacial score (nSPS) is 13.5. The molecule has 0 unspecified atom stereocenters. The Labute approximate surface area is 215 Å². The highest BCUT2D eigenvalue weighted by molar-refractivity contribution is 5.97. The molecule has 2 heterocycles. The molecule has 7 nitrogen and oxygen atoms in total. The van der Waals surface area contributed by atoms with Crippen molar-refractivity contribution < 1.29 is 23.1 Å². The van der Waals surface area contributed by atoms with E-state index in [1.807, 2.05) is 12.1 Å². The molecule has 1 N–H and O–H groups in total. The fraction of sp³-hybridized carbons (Fsp3) is 0.357. The van der Waals surface area contributed by atoms with Gasteiger partial charge in [-0.05, 0) is 61.4 Å². The molecule has 0 spiro atoms. The van der Waals surface area contributed by atoms with E-state index in [1.54, 1.807) is 46.6 Å². The van der Waals surface area contributed by atoms with Gasteiger partial charge in [0.1, 0.15) is 17.4 Å². The standard InChI is InChI=1S/C28H32F2N4O3/c1-4-5-12-31-28(36)33-15-13-32(14-16-33)27(35)23-18-26(20-6-9-22(37-3)10-7-20)34(19(23)2)25-11-8-21(29)17-24(25)30/h6-11,17-18H,4-5,12-16H2,1-3H3,(H,31,36). The molecule has 0 atom stereocenters. The Balaban J connectivity index is 1.63. The van der Waals surface area contributed by atoms with E-state index in [0.29, 0.717) is 55.4 Å². The predicted octanol–water partition coefficient (Wildman–Crippen LogP) is 5.01. The largest absolute Gasteiger partial charge is 0.497 e. The molecule has 3 aromatic rings. The molecule has 0 saturated carbocycles. The van der Waals surface area contributed by atoms with E-state index < -0.39 is 11.6 Å². The number of rotatable bonds is 7. The summed E-state index contributed by atoms with van der Waals surface area (Å²) < 4.78 is 35.5. The number of halogens is 2. The number of hydrogen-bond donors (Lipinski definition) is 1. The zero-order valence-corrected chi connectivity index (χ0v) is 21.4. The summed E-state index contributed by atoms with van der Waals surface area (Å²) in [5.74, 6) is -0.931. The Morgan fingerprint density at radius 1 is 0.973 bits per heavy atom. The Kier molecular flexibility index (Phi) is 8.11. The van der Waals surface area contributed by atoms with Crippen LogP contribution in [-0.2, 0) is 0 Å². The van der Waals surface area contributed by atoms with Crippen LogP contribution in [0.1, 0.15) is 35.8 Å². The molecule has 2 aromatic carbocycles. The van der Waals surface area contributed by atoms with Gasteiger partial charge in [0, 0.05) is 44.5 Å². The van der Waals surface area contributed by atoms with E-state index >= 15 is 0 Å². The van der Waals surface area contributed by atoms with Crippen LogP contribution in [0, 0.1) is 18.6 Å². The van der Waals surface area contributed by atoms with Crippen LogP contribution < -0.4 is 10.1 Å². The van der Waals surface area contributed by atoms with Crippen molar-refractivity contribution in [3.8, 4) is 22.7 Å². The van der Waals surface area contributed by atoms with Crippen LogP contribution >= 0.6 is 0 Å². The number of benzene rings is 2. The summed E-state index contributed by atoms with van der Waals surface area (Å²) >= 11 is 0. The number of unbranched alkanes of at least 4 members (excludes halogenated alkanes) is 1. The molecular weight excluding hydrogens is 478 g/mol. The van der Waals surface area contributed by atoms with E-state index in [-0.39, 0.29) is 17.6 Å². The third-order valence-electron chi connectivity index (χ3n) is 6.67. The van der Waals surface area contributed by atoms with Crippen molar-refractivity contribution in [2.45, 2.75) is 26.7 Å². The number of carbonyl (C=O) groups excluding carboxylic acids is 2. The molecule has 0 radical (unpaired) electrons. The van der Waals surface area contributed by atoms with Crippen molar-refractivity contribution in [1.29, 1.82) is 0 Å². The smallest absolute Gasteiger partial charge is 0.317 e. The lowest BCUT2D eigenvalue weighted by Gasteiger charge is -2.34. The second kappa shape index (κ2) is 11.5. The number of aromatic nitrogens is 1. The fourth-order valence-corrected chi connectivity index (χ4v) is 4.54. The Morgan fingerprint density at radius 3 is 2.27 bits per heavy atom. The van der Waals surface area contributed by atoms with E-state index in [0.717, 1.165) is 24.5 Å². The topological polar surface area (TPSA) is 66.8 Å². The molecule has 1 saturated heterocycles. The molecule has 37 heavy (non-hydrogen) atoms. The van der Waals surface area contributed by atoms with Gasteiger partial charge in [0.05, 0.1) is 24.1 Å². The van der Waals surface area contributed by atoms with Crippen molar-refractivity contribution in [3.63, 3.8) is 0 Å². The minimum Gasteiger partial charge on any atom is -0.497 e. The quantitative estimate of drug-likeness (QED) is 0.455. The Morgan fingerprint density at radius 2 is 1.65 bits per heavy atom. The van der Waals surface area contributed by atoms with Crippen LogP contribution in [0.4, 0.5) is 13.6 Å². The highest BCUT2D eigenvalue weighted by Crippen LogP contribution is 2.32. The number of ether oxygens (including phenoxy) is 1. The highest BCUT2D eigenvalue weighted by atomic mass is 19.1. The average molecular weight is 511 g/mol. The number of urea groups is 1. The minimum atomic E-state index is -0.727. The maximum absolute atomic E-state index is 14.9. The average Bonchev–Trinajstić information content (AvgIpc) is 3.25. The molecule has 1 aliphatic rings. The Bertz CT molecular complexity index is 1270. The zero-order valence-electron chi connectivity index (χ0n) is 21.4. The monoisotopic (exact) mass is 510 g/mol. The van der Waals surface area contributed by atoms with Crippen molar-refractivity contribution in [3.05, 3.63) is 71.4 Å². The minimum absolute atomic E-state index is 0.114. The van der Waals surface area contributed by atoms with Gasteiger partial charge in [0.2, 0.25) is 0 Å². The first-order valence-electron chi connectivity index (χ1n) is 12.5. The van der Waals surface area contributed by atoms with Gasteiger partial charge in [-0.3, -0.25) is 4.79 Å². The number of carbonyl (C=O) groups is 2. The second-order valence-electron chi connectivity index (χ2n) is 9.05. The third kappa shape index (κ3) is 5.60. The van der Waals surface area contributed by atoms with E-state index in [2.05, 4.69) is 12.2 Å². The summed E-state index contributed by atoms with van der Waals surface area (Å²) in [6, 6.07) is 12.3. The first kappa shape index (κ1) is 26.2. The lowest BCUT2D eigenvalue weighted by Crippen LogP contribution is -2.53. The predicted molar refractivity (Wildman–Crippen MR) is 138 cm³/mol. The SMILES string of the molecule is CCCCNC(=O)N1CCN(C(=O)c2cc(-c3ccc(OC)cc3)n(-c3ccc(F)cc3F)c2C)CC1. The lowest BCUT2D eigenvalue weighted by molar-refractivity contribution is 0.0664. The molecule has 0 aliphatic carbocycles. The van der Waals surface area contributed by atoms with Gasteiger partial charge in [-0.2, -0.15) is 0 Å². The number of hydrogen-bond acceptors (Lipinski definition) is 3. The van der Waals surface area contributed by atoms with Crippen LogP contribution in [-0.4, -0.2) is 66.1 Å². The highest BCUT2D eigenvalue weighted by Gasteiger charge is 2.28. The van der Waals surface area contributed by atoms with Gasteiger partial charge in [-0.15, -0.1) is 0 Å². The van der Waals surface area contributed by atoms with Crippen molar-refractivity contribution in [1.82, 2.24) is 19.7 Å². The summed E-state index contributed by atoms with van der Waals surface area (Å²) in [6.07, 6.45) is 1.92. The van der Waals surface area contributed by atoms with Crippen molar-refractivity contribution in [2.24, 2.45) is 0 Å². The lowest BCUT2D eigenvalue weighted by atomic mass is 10.1. The van der Waals surface area contributed by atoms with Crippen LogP contribution in [0.3, 0.4) is 0 Å². The summed E-state index contributed by atoms with van der Waals surface area (Å²) in [6.45, 7) is 6.11. The zero-order chi connectivity index (χ0) is 26.5. The number of piperazine rings is 1. The first-order chi connectivity index (χ1) is 17.8. The van der Waals surface area contributed by atoms with E-state index in [1.165, 1.54) is 12.1 Å². The maximum Gasteiger partial charge on any atom is 0.317 e. The van der Waals surface area contributed by atoms with Crippen LogP contribution in [0.25, 0.3) is 16.9 Å². The molecule has 9 heteroatoms. The number of nitrogens with one attached hydrogen (secondary N) is 1. The molecular formula is C28H32F2N4O3. The van der Waals surface area contributed by atoms with Crippen molar-refractivity contribution >= 4 is 11.9 Å². The molecule has 3 amide bonds. The molecule has 1 fully saturated rings. The van der Waals surface area contributed by atoms with Gasteiger partial charge < -0.3 is 24.4 Å². The van der Waals surface area contributed by atoms with E-state index in [9.17, 15) is 18.4 Å². The van der Waals surface area contributed by atoms with Crippen molar-refractivity contribution in [2.75, 3.05) is 39.8 Å². The summed E-state index contributed by atoms with van der Waals surface area (Å²) in [7, 11) is 1.57. The molecule has 0 bridgehead atoms. The van der Waals surface area contributed by atoms with Gasteiger partial charge >= 0.3 is 6.03 Å². The molecule has 1 aromatic heterocycles. The van der Waals surface area contributed by atoms with Gasteiger partial charge in [0.25, 0.3) is 5.91 Å². The molecule has 196 valence electrons. The van der Waals surface area contributed by atoms with Crippen LogP contribution in [0.5, 0.6) is 5.75 Å². The van der Waals surface area contributed by atoms with Crippen LogP contribution in [0.2, 0.25) is 0 Å². The number of methoxy groups -OCH3 is 1.